The molecule has 4 aliphatic heterocycles. The summed E-state index contributed by atoms with van der Waals surface area (Å²) in [4.78, 5) is 57.8. The normalized spacial score (nSPS) is 19.0. The number of carbonyl (C=O) groups is 4. The number of urea groups is 2. The number of nitrogens with zero attached hydrogens (tertiary/aromatic N) is 6. The van der Waals surface area contributed by atoms with E-state index in [1.165, 1.54) is 56.0 Å². The molecule has 4 heterocycles. The van der Waals surface area contributed by atoms with Crippen molar-refractivity contribution in [1.82, 2.24) is 20.4 Å². The summed E-state index contributed by atoms with van der Waals surface area (Å²) in [5.74, 6) is -0.611. The van der Waals surface area contributed by atoms with Gasteiger partial charge in [-0.15, -0.1) is 0 Å². The van der Waals surface area contributed by atoms with Crippen LogP contribution < -0.4 is 20.4 Å². The smallest absolute Gasteiger partial charge is 0.329 e. The molecule has 0 saturated carbocycles. The summed E-state index contributed by atoms with van der Waals surface area (Å²) in [5, 5.41) is 23.7. The lowest BCUT2D eigenvalue weighted by atomic mass is 9.89. The number of rotatable bonds is 6. The van der Waals surface area contributed by atoms with E-state index in [2.05, 4.69) is 10.6 Å². The summed E-state index contributed by atoms with van der Waals surface area (Å²) >= 11 is 0. The fraction of sp³-hybridized carbons (Fsp3) is 0.227. The van der Waals surface area contributed by atoms with Crippen LogP contribution in [0.3, 0.4) is 0 Å². The first kappa shape index (κ1) is 40.7. The van der Waals surface area contributed by atoms with E-state index < -0.39 is 37.0 Å². The molecule has 2 N–H and O–H groups in total. The van der Waals surface area contributed by atoms with Crippen LogP contribution in [-0.4, -0.2) is 60.9 Å². The van der Waals surface area contributed by atoms with E-state index in [4.69, 9.17) is 10.5 Å². The Hall–Kier alpha value is -7.46. The van der Waals surface area contributed by atoms with Gasteiger partial charge < -0.3 is 20.4 Å². The lowest BCUT2D eigenvalue weighted by Gasteiger charge is -2.43. The Morgan fingerprint density at radius 1 is 0.583 bits per heavy atom. The van der Waals surface area contributed by atoms with Crippen molar-refractivity contribution < 1.29 is 36.7 Å². The monoisotopic (exact) mass is 816 g/mol. The summed E-state index contributed by atoms with van der Waals surface area (Å²) < 4.78 is 52.9. The van der Waals surface area contributed by atoms with Gasteiger partial charge in [-0.1, -0.05) is 48.5 Å². The topological polar surface area (TPSA) is 153 Å². The number of hydrogen-bond acceptors (Lipinski definition) is 6. The van der Waals surface area contributed by atoms with Gasteiger partial charge in [0.25, 0.3) is 24.7 Å². The van der Waals surface area contributed by atoms with Crippen LogP contribution in [0.15, 0.2) is 120 Å². The van der Waals surface area contributed by atoms with E-state index >= 15 is 0 Å². The molecule has 4 aromatic carbocycles. The number of halogens is 4. The largest absolute Gasteiger partial charge is 0.352 e. The second-order valence-electron chi connectivity index (χ2n) is 14.3. The quantitative estimate of drug-likeness (QED) is 0.190. The number of likely N-dealkylation sites (N-methyl/N-ethyl adjacent to an activating group) is 2. The average Bonchev–Trinajstić information content (AvgIpc) is 3.26. The van der Waals surface area contributed by atoms with E-state index in [-0.39, 0.29) is 22.9 Å². The molecular weight excluding hydrogens is 781 g/mol. The predicted molar refractivity (Wildman–Crippen MR) is 211 cm³/mol. The van der Waals surface area contributed by atoms with Gasteiger partial charge in [-0.2, -0.15) is 10.5 Å². The molecule has 0 bridgehead atoms. The first-order valence-corrected chi connectivity index (χ1v) is 18.8. The third-order valence-corrected chi connectivity index (χ3v) is 10.7. The van der Waals surface area contributed by atoms with Crippen LogP contribution in [-0.2, 0) is 9.59 Å². The maximum Gasteiger partial charge on any atom is 0.329 e. The molecule has 0 spiro atoms. The molecule has 0 aliphatic carbocycles. The van der Waals surface area contributed by atoms with E-state index in [0.717, 1.165) is 0 Å². The molecule has 304 valence electrons. The van der Waals surface area contributed by atoms with Crippen molar-refractivity contribution in [2.75, 3.05) is 37.0 Å². The van der Waals surface area contributed by atoms with Gasteiger partial charge in [-0.05, 0) is 59.7 Å². The zero-order valence-corrected chi connectivity index (χ0v) is 32.2. The molecule has 8 rings (SSSR count). The highest BCUT2D eigenvalue weighted by molar-refractivity contribution is 6.07. The number of nitrogens with one attached hydrogen (secondary N) is 2. The molecule has 4 aromatic rings. The van der Waals surface area contributed by atoms with Crippen molar-refractivity contribution in [3.63, 3.8) is 0 Å². The van der Waals surface area contributed by atoms with Crippen LogP contribution in [0.25, 0.3) is 0 Å². The Balaban J connectivity index is 0.000000181. The number of hydrogen-bond donors (Lipinski definition) is 2. The molecule has 0 aromatic heterocycles. The van der Waals surface area contributed by atoms with E-state index in [0.29, 0.717) is 82.1 Å². The Kier molecular flexibility index (Phi) is 11.4. The number of benzene rings is 4. The Labute approximate surface area is 342 Å². The minimum absolute atomic E-state index is 0.195. The lowest BCUT2D eigenvalue weighted by Crippen LogP contribution is -2.53. The molecule has 4 aliphatic rings. The van der Waals surface area contributed by atoms with Crippen LogP contribution >= 0.6 is 0 Å². The summed E-state index contributed by atoms with van der Waals surface area (Å²) in [6.45, 7) is 0.694. The van der Waals surface area contributed by atoms with E-state index in [1.54, 1.807) is 74.8 Å². The number of nitriles is 2. The molecule has 16 heteroatoms. The summed E-state index contributed by atoms with van der Waals surface area (Å²) in [5.41, 5.74) is 4.32. The fourth-order valence-corrected chi connectivity index (χ4v) is 7.89. The lowest BCUT2D eigenvalue weighted by molar-refractivity contribution is -0.119. The summed E-state index contributed by atoms with van der Waals surface area (Å²) in [6.07, 6.45) is -4.55. The van der Waals surface area contributed by atoms with Crippen molar-refractivity contribution in [1.29, 1.82) is 10.5 Å². The van der Waals surface area contributed by atoms with Crippen molar-refractivity contribution in [2.24, 2.45) is 0 Å². The molecule has 0 fully saturated rings. The van der Waals surface area contributed by atoms with Crippen LogP contribution in [0.2, 0.25) is 0 Å². The summed E-state index contributed by atoms with van der Waals surface area (Å²) in [6, 6.07) is 26.6. The van der Waals surface area contributed by atoms with Gasteiger partial charge in [0.15, 0.2) is 0 Å². The van der Waals surface area contributed by atoms with E-state index in [1.807, 2.05) is 12.1 Å². The molecule has 6 amide bonds. The van der Waals surface area contributed by atoms with Gasteiger partial charge >= 0.3 is 12.1 Å². The Morgan fingerprint density at radius 2 is 0.950 bits per heavy atom. The first-order valence-electron chi connectivity index (χ1n) is 18.8. The average molecular weight is 817 g/mol. The molecule has 0 radical (unpaired) electrons. The third kappa shape index (κ3) is 7.51. The van der Waals surface area contributed by atoms with Gasteiger partial charge in [-0.25, -0.2) is 27.2 Å². The Bertz CT molecular complexity index is 2350. The SMILES string of the molecule is CN1C(=O)N(c2cccc(C(F)F)c2)C2=C(C(=O)NCC2)[C@@H]1c1ccc(C#N)cc1.CN1C(=O)N(c2cccc(C(F)F)c2)C2=C(C(=O)NCC2)[C@H]1c1ccc(C#N)cc1. The van der Waals surface area contributed by atoms with Crippen LogP contribution in [0.4, 0.5) is 38.5 Å². The molecule has 12 nitrogen and oxygen atoms in total. The fourth-order valence-electron chi connectivity index (χ4n) is 7.89. The number of amides is 6. The maximum absolute atomic E-state index is 13.3. The van der Waals surface area contributed by atoms with Crippen molar-refractivity contribution in [3.8, 4) is 12.1 Å². The number of carbonyl (C=O) groups excluding carboxylic acids is 4. The Morgan fingerprint density at radius 3 is 1.28 bits per heavy atom. The van der Waals surface area contributed by atoms with Gasteiger partial charge in [0.2, 0.25) is 0 Å². The molecular formula is C44H36F4N8O4. The van der Waals surface area contributed by atoms with Gasteiger partial charge in [-0.3, -0.25) is 19.4 Å². The number of anilines is 2. The van der Waals surface area contributed by atoms with Gasteiger partial charge in [0, 0.05) is 62.5 Å². The molecule has 0 saturated heterocycles. The second-order valence-corrected chi connectivity index (χ2v) is 14.3. The van der Waals surface area contributed by atoms with Crippen molar-refractivity contribution >= 4 is 35.3 Å². The minimum Gasteiger partial charge on any atom is -0.352 e. The highest BCUT2D eigenvalue weighted by Crippen LogP contribution is 2.43. The zero-order valence-electron chi connectivity index (χ0n) is 32.2. The standard InChI is InChI=1S/2C22H18F2N4O2/c2*1-27-19(14-7-5-13(12-25)6-8-14)18-17(9-10-26-21(18)29)28(22(27)30)16-4-2-3-15(11-16)20(23)24/h2*2-8,11,19-20H,9-10H2,1H3,(H,26,29)/t2*19-/m10/s1. The van der Waals surface area contributed by atoms with Gasteiger partial charge in [0.1, 0.15) is 0 Å². The van der Waals surface area contributed by atoms with Crippen LogP contribution in [0, 0.1) is 22.7 Å². The highest BCUT2D eigenvalue weighted by atomic mass is 19.3. The van der Waals surface area contributed by atoms with Crippen molar-refractivity contribution in [2.45, 2.75) is 37.8 Å². The summed E-state index contributed by atoms with van der Waals surface area (Å²) in [7, 11) is 3.14. The first-order chi connectivity index (χ1) is 28.8. The van der Waals surface area contributed by atoms with Gasteiger partial charge in [0.05, 0.1) is 57.9 Å². The minimum atomic E-state index is -2.67. The second kappa shape index (κ2) is 16.8. The molecule has 2 atom stereocenters. The van der Waals surface area contributed by atoms with Crippen molar-refractivity contribution in [3.05, 3.63) is 153 Å². The zero-order chi connectivity index (χ0) is 42.8. The van der Waals surface area contributed by atoms with Crippen LogP contribution in [0.1, 0.15) is 71.2 Å². The number of alkyl halides is 4. The van der Waals surface area contributed by atoms with E-state index in [9.17, 15) is 36.7 Å². The third-order valence-electron chi connectivity index (χ3n) is 10.7. The highest BCUT2D eigenvalue weighted by Gasteiger charge is 2.45. The maximum atomic E-state index is 13.3. The molecule has 0 unspecified atom stereocenters. The van der Waals surface area contributed by atoms with Crippen LogP contribution in [0.5, 0.6) is 0 Å². The molecule has 60 heavy (non-hydrogen) atoms. The predicted octanol–water partition coefficient (Wildman–Crippen LogP) is 7.77.